The summed E-state index contributed by atoms with van der Waals surface area (Å²) in [7, 11) is -1.93. The van der Waals surface area contributed by atoms with E-state index in [1.165, 1.54) is 12.1 Å². The lowest BCUT2D eigenvalue weighted by molar-refractivity contribution is -0.140. The standard InChI is InChI=1S/C27H39N3O5S/c1-6-29-36(33,34)25-14-9-22(10-15-25)11-16-26(31)30(19-23-7-12-24(35-5)13-8-23)21(4)27(32)28-18-17-20(2)3/h7-10,12-15,20-21,29H,6,11,16-19H2,1-5H3,(H,28,32)/t21-/m1/s1. The molecule has 36 heavy (non-hydrogen) atoms. The van der Waals surface area contributed by atoms with Gasteiger partial charge in [-0.15, -0.1) is 0 Å². The summed E-state index contributed by atoms with van der Waals surface area (Å²) in [6.45, 7) is 8.82. The first kappa shape index (κ1) is 29.3. The van der Waals surface area contributed by atoms with E-state index in [4.69, 9.17) is 4.74 Å². The van der Waals surface area contributed by atoms with Crippen LogP contribution in [0.15, 0.2) is 53.4 Å². The Labute approximate surface area is 215 Å². The predicted octanol–water partition coefficient (Wildman–Crippen LogP) is 3.51. The normalized spacial score (nSPS) is 12.3. The molecule has 0 bridgehead atoms. The van der Waals surface area contributed by atoms with Crippen LogP contribution >= 0.6 is 0 Å². The van der Waals surface area contributed by atoms with Crippen LogP contribution in [0.4, 0.5) is 0 Å². The van der Waals surface area contributed by atoms with Crippen molar-refractivity contribution in [3.63, 3.8) is 0 Å². The number of carbonyl (C=O) groups excluding carboxylic acids is 2. The fourth-order valence-corrected chi connectivity index (χ4v) is 4.69. The number of benzene rings is 2. The third-order valence-electron chi connectivity index (χ3n) is 5.90. The largest absolute Gasteiger partial charge is 0.497 e. The number of ether oxygens (including phenoxy) is 1. The smallest absolute Gasteiger partial charge is 0.242 e. The Morgan fingerprint density at radius 3 is 2.14 bits per heavy atom. The van der Waals surface area contributed by atoms with E-state index in [9.17, 15) is 18.0 Å². The lowest BCUT2D eigenvalue weighted by Crippen LogP contribution is -2.48. The summed E-state index contributed by atoms with van der Waals surface area (Å²) >= 11 is 0. The molecule has 2 N–H and O–H groups in total. The number of sulfonamides is 1. The average Bonchev–Trinajstić information content (AvgIpc) is 2.85. The molecule has 0 aliphatic heterocycles. The quantitative estimate of drug-likeness (QED) is 0.399. The van der Waals surface area contributed by atoms with E-state index in [0.717, 1.165) is 23.3 Å². The van der Waals surface area contributed by atoms with Crippen LogP contribution in [-0.4, -0.2) is 51.4 Å². The first-order valence-corrected chi connectivity index (χ1v) is 13.8. The second kappa shape index (κ2) is 14.0. The van der Waals surface area contributed by atoms with Crippen LogP contribution in [0, 0.1) is 5.92 Å². The van der Waals surface area contributed by atoms with E-state index in [1.54, 1.807) is 38.0 Å². The third kappa shape index (κ3) is 8.95. The van der Waals surface area contributed by atoms with Crippen LogP contribution < -0.4 is 14.8 Å². The number of methoxy groups -OCH3 is 1. The van der Waals surface area contributed by atoms with Gasteiger partial charge >= 0.3 is 0 Å². The van der Waals surface area contributed by atoms with Crippen molar-refractivity contribution in [1.29, 1.82) is 0 Å². The molecule has 0 aromatic heterocycles. The van der Waals surface area contributed by atoms with Gasteiger partial charge in [0.25, 0.3) is 0 Å². The maximum absolute atomic E-state index is 13.3. The zero-order valence-electron chi connectivity index (χ0n) is 21.9. The fraction of sp³-hybridized carbons (Fsp3) is 0.481. The highest BCUT2D eigenvalue weighted by Crippen LogP contribution is 2.17. The number of aryl methyl sites for hydroxylation is 1. The monoisotopic (exact) mass is 517 g/mol. The van der Waals surface area contributed by atoms with Gasteiger partial charge < -0.3 is 15.0 Å². The van der Waals surface area contributed by atoms with Gasteiger partial charge in [-0.1, -0.05) is 45.0 Å². The van der Waals surface area contributed by atoms with Crippen molar-refractivity contribution in [1.82, 2.24) is 14.9 Å². The molecule has 0 radical (unpaired) electrons. The molecule has 2 amide bonds. The molecule has 0 unspecified atom stereocenters. The highest BCUT2D eigenvalue weighted by Gasteiger charge is 2.26. The van der Waals surface area contributed by atoms with Crippen LogP contribution in [-0.2, 0) is 32.6 Å². The van der Waals surface area contributed by atoms with Crippen LogP contribution in [0.5, 0.6) is 5.75 Å². The van der Waals surface area contributed by atoms with Crippen molar-refractivity contribution >= 4 is 21.8 Å². The molecule has 198 valence electrons. The van der Waals surface area contributed by atoms with Crippen LogP contribution in [0.3, 0.4) is 0 Å². The van der Waals surface area contributed by atoms with Crippen molar-refractivity contribution in [2.45, 2.75) is 64.4 Å². The first-order chi connectivity index (χ1) is 17.1. The topological polar surface area (TPSA) is 105 Å². The minimum Gasteiger partial charge on any atom is -0.497 e. The summed E-state index contributed by atoms with van der Waals surface area (Å²) in [5, 5.41) is 2.94. The van der Waals surface area contributed by atoms with Crippen LogP contribution in [0.25, 0.3) is 0 Å². The zero-order valence-corrected chi connectivity index (χ0v) is 22.7. The van der Waals surface area contributed by atoms with E-state index < -0.39 is 16.1 Å². The lowest BCUT2D eigenvalue weighted by atomic mass is 10.1. The Hall–Kier alpha value is -2.91. The Morgan fingerprint density at radius 1 is 0.972 bits per heavy atom. The molecule has 0 saturated heterocycles. The second-order valence-electron chi connectivity index (χ2n) is 9.16. The minimum absolute atomic E-state index is 0.151. The van der Waals surface area contributed by atoms with Gasteiger partial charge in [-0.05, 0) is 61.1 Å². The Morgan fingerprint density at radius 2 is 1.58 bits per heavy atom. The molecule has 0 heterocycles. The molecule has 8 nitrogen and oxygen atoms in total. The third-order valence-corrected chi connectivity index (χ3v) is 7.46. The molecule has 2 rings (SSSR count). The molecule has 2 aromatic carbocycles. The molecule has 0 saturated carbocycles. The predicted molar refractivity (Wildman–Crippen MR) is 141 cm³/mol. The SMILES string of the molecule is CCNS(=O)(=O)c1ccc(CCC(=O)N(Cc2ccc(OC)cc2)[C@H](C)C(=O)NCCC(C)C)cc1. The van der Waals surface area contributed by atoms with Crippen molar-refractivity contribution in [3.8, 4) is 5.75 Å². The van der Waals surface area contributed by atoms with Gasteiger partial charge in [-0.2, -0.15) is 0 Å². The molecule has 1 atom stereocenters. The summed E-state index contributed by atoms with van der Waals surface area (Å²) in [5.41, 5.74) is 1.74. The molecule has 9 heteroatoms. The number of nitrogens with zero attached hydrogens (tertiary/aromatic N) is 1. The molecular formula is C27H39N3O5S. The Bertz CT molecular complexity index is 1080. The number of amides is 2. The summed E-state index contributed by atoms with van der Waals surface area (Å²) in [6.07, 6.45) is 1.49. The first-order valence-electron chi connectivity index (χ1n) is 12.4. The van der Waals surface area contributed by atoms with Crippen molar-refractivity contribution < 1.29 is 22.7 Å². The lowest BCUT2D eigenvalue weighted by Gasteiger charge is -2.29. The molecule has 0 aliphatic rings. The van der Waals surface area contributed by atoms with Gasteiger partial charge in [0.2, 0.25) is 21.8 Å². The number of nitrogens with one attached hydrogen (secondary N) is 2. The number of rotatable bonds is 14. The maximum atomic E-state index is 13.3. The van der Waals surface area contributed by atoms with E-state index in [0.29, 0.717) is 32.0 Å². The minimum atomic E-state index is -3.52. The van der Waals surface area contributed by atoms with Gasteiger partial charge in [0.15, 0.2) is 0 Å². The summed E-state index contributed by atoms with van der Waals surface area (Å²) in [5.74, 6) is 0.852. The van der Waals surface area contributed by atoms with Gasteiger partial charge in [0.1, 0.15) is 11.8 Å². The van der Waals surface area contributed by atoms with Crippen LogP contribution in [0.2, 0.25) is 0 Å². The van der Waals surface area contributed by atoms with E-state index in [2.05, 4.69) is 23.9 Å². The van der Waals surface area contributed by atoms with E-state index in [1.807, 2.05) is 24.3 Å². The Balaban J connectivity index is 2.12. The van der Waals surface area contributed by atoms with E-state index >= 15 is 0 Å². The highest BCUT2D eigenvalue weighted by molar-refractivity contribution is 7.89. The van der Waals surface area contributed by atoms with Crippen molar-refractivity contribution in [3.05, 3.63) is 59.7 Å². The number of hydrogen-bond acceptors (Lipinski definition) is 5. The summed E-state index contributed by atoms with van der Waals surface area (Å²) in [4.78, 5) is 27.9. The average molecular weight is 518 g/mol. The summed E-state index contributed by atoms with van der Waals surface area (Å²) in [6, 6.07) is 13.3. The van der Waals surface area contributed by atoms with Gasteiger partial charge in [0, 0.05) is 26.1 Å². The number of hydrogen-bond donors (Lipinski definition) is 2. The van der Waals surface area contributed by atoms with Gasteiger partial charge in [-0.25, -0.2) is 13.1 Å². The van der Waals surface area contributed by atoms with Crippen molar-refractivity contribution in [2.24, 2.45) is 5.92 Å². The van der Waals surface area contributed by atoms with Gasteiger partial charge in [0.05, 0.1) is 12.0 Å². The molecule has 0 spiro atoms. The highest BCUT2D eigenvalue weighted by atomic mass is 32.2. The molecule has 2 aromatic rings. The maximum Gasteiger partial charge on any atom is 0.242 e. The fourth-order valence-electron chi connectivity index (χ4n) is 3.65. The zero-order chi connectivity index (χ0) is 26.7. The van der Waals surface area contributed by atoms with Gasteiger partial charge in [-0.3, -0.25) is 9.59 Å². The molecule has 0 fully saturated rings. The van der Waals surface area contributed by atoms with Crippen molar-refractivity contribution in [2.75, 3.05) is 20.2 Å². The molecule has 0 aliphatic carbocycles. The Kier molecular flexibility index (Phi) is 11.4. The summed E-state index contributed by atoms with van der Waals surface area (Å²) < 4.78 is 32.0. The van der Waals surface area contributed by atoms with E-state index in [-0.39, 0.29) is 23.1 Å². The number of carbonyl (C=O) groups is 2. The van der Waals surface area contributed by atoms with Crippen LogP contribution in [0.1, 0.15) is 51.7 Å². The second-order valence-corrected chi connectivity index (χ2v) is 10.9. The molecular weight excluding hydrogens is 478 g/mol.